The molecule has 1 aromatic rings. The maximum atomic E-state index is 10.4. The Kier molecular flexibility index (Phi) is 3.13. The first-order valence-electron chi connectivity index (χ1n) is 3.51. The average Bonchev–Trinajstić information content (AvgIpc) is 2.07. The highest BCUT2D eigenvalue weighted by Crippen LogP contribution is 2.27. The molecular formula is C7H5BrN2O4. The van der Waals surface area contributed by atoms with Gasteiger partial charge in [-0.2, -0.15) is 0 Å². The molecule has 0 fully saturated rings. The van der Waals surface area contributed by atoms with Crippen molar-refractivity contribution in [1.82, 2.24) is 4.98 Å². The van der Waals surface area contributed by atoms with Crippen LogP contribution >= 0.6 is 15.9 Å². The van der Waals surface area contributed by atoms with E-state index in [2.05, 4.69) is 20.9 Å². The highest BCUT2D eigenvalue weighted by atomic mass is 79.9. The van der Waals surface area contributed by atoms with Crippen LogP contribution in [0.25, 0.3) is 0 Å². The first-order chi connectivity index (χ1) is 6.52. The Bertz CT molecular complexity index is 393. The van der Waals surface area contributed by atoms with Gasteiger partial charge in [-0.05, 0) is 15.9 Å². The molecule has 0 spiro atoms. The van der Waals surface area contributed by atoms with Gasteiger partial charge in [0.25, 0.3) is 0 Å². The third-order valence-electron chi connectivity index (χ3n) is 1.47. The van der Waals surface area contributed by atoms with Crippen LogP contribution in [0, 0.1) is 10.1 Å². The number of nitro groups is 1. The smallest absolute Gasteiger partial charge is 0.307 e. The summed E-state index contributed by atoms with van der Waals surface area (Å²) in [5.41, 5.74) is 0.0513. The van der Waals surface area contributed by atoms with Crippen LogP contribution in [0.3, 0.4) is 0 Å². The summed E-state index contributed by atoms with van der Waals surface area (Å²) in [5, 5.41) is 19.0. The van der Waals surface area contributed by atoms with Gasteiger partial charge in [0.2, 0.25) is 0 Å². The second-order valence-electron chi connectivity index (χ2n) is 2.46. The quantitative estimate of drug-likeness (QED) is 0.655. The number of carboxylic acid groups (broad SMARTS) is 1. The predicted octanol–water partition coefficient (Wildman–Crippen LogP) is 1.38. The topological polar surface area (TPSA) is 93.3 Å². The number of halogens is 1. The van der Waals surface area contributed by atoms with E-state index in [9.17, 15) is 14.9 Å². The zero-order valence-electron chi connectivity index (χ0n) is 6.81. The molecular weight excluding hydrogens is 256 g/mol. The summed E-state index contributed by atoms with van der Waals surface area (Å²) in [6.07, 6.45) is 2.05. The first kappa shape index (κ1) is 10.6. The van der Waals surface area contributed by atoms with E-state index in [0.717, 1.165) is 6.20 Å². The molecule has 7 heteroatoms. The zero-order chi connectivity index (χ0) is 10.7. The van der Waals surface area contributed by atoms with Crippen LogP contribution in [-0.4, -0.2) is 21.0 Å². The number of hydrogen-bond acceptors (Lipinski definition) is 4. The minimum atomic E-state index is -1.06. The molecule has 0 amide bonds. The van der Waals surface area contributed by atoms with Crippen molar-refractivity contribution >= 4 is 27.6 Å². The van der Waals surface area contributed by atoms with Gasteiger partial charge >= 0.3 is 11.7 Å². The van der Waals surface area contributed by atoms with Crippen molar-refractivity contribution in [3.05, 3.63) is 32.5 Å². The lowest BCUT2D eigenvalue weighted by Gasteiger charge is -2.00. The fraction of sp³-hybridized carbons (Fsp3) is 0.143. The van der Waals surface area contributed by atoms with Gasteiger partial charge in [0.1, 0.15) is 10.7 Å². The van der Waals surface area contributed by atoms with Crippen molar-refractivity contribution in [2.24, 2.45) is 0 Å². The summed E-state index contributed by atoms with van der Waals surface area (Å²) in [6.45, 7) is 0. The standard InChI is InChI=1S/C7H5BrN2O4/c8-7-4(1-6(11)12)2-9-3-5(7)10(13)14/h2-3H,1H2,(H,11,12). The molecule has 6 nitrogen and oxygen atoms in total. The fourth-order valence-electron chi connectivity index (χ4n) is 0.889. The maximum absolute atomic E-state index is 10.4. The fourth-order valence-corrected chi connectivity index (χ4v) is 1.38. The first-order valence-corrected chi connectivity index (χ1v) is 4.30. The molecule has 0 atom stereocenters. The van der Waals surface area contributed by atoms with Gasteiger partial charge in [0.15, 0.2) is 0 Å². The Balaban J connectivity index is 3.13. The normalized spacial score (nSPS) is 9.79. The van der Waals surface area contributed by atoms with Gasteiger partial charge in [-0.25, -0.2) is 0 Å². The van der Waals surface area contributed by atoms with Crippen LogP contribution in [-0.2, 0) is 11.2 Å². The molecule has 0 aliphatic rings. The Morgan fingerprint density at radius 3 is 2.79 bits per heavy atom. The molecule has 74 valence electrons. The highest BCUT2D eigenvalue weighted by Gasteiger charge is 2.17. The molecule has 0 unspecified atom stereocenters. The molecule has 1 aromatic heterocycles. The molecule has 1 heterocycles. The van der Waals surface area contributed by atoms with Gasteiger partial charge in [-0.3, -0.25) is 19.9 Å². The largest absolute Gasteiger partial charge is 0.481 e. The molecule has 0 aromatic carbocycles. The Labute approximate surface area is 86.9 Å². The molecule has 0 aliphatic carbocycles. The van der Waals surface area contributed by atoms with Crippen molar-refractivity contribution in [2.45, 2.75) is 6.42 Å². The SMILES string of the molecule is O=C(O)Cc1cncc([N+](=O)[O-])c1Br. The van der Waals surface area contributed by atoms with Crippen molar-refractivity contribution in [1.29, 1.82) is 0 Å². The van der Waals surface area contributed by atoms with Crippen LogP contribution in [0.15, 0.2) is 16.9 Å². The molecule has 0 saturated heterocycles. The number of carbonyl (C=O) groups is 1. The van der Waals surface area contributed by atoms with E-state index in [4.69, 9.17) is 5.11 Å². The number of hydrogen-bond donors (Lipinski definition) is 1. The Morgan fingerprint density at radius 2 is 2.29 bits per heavy atom. The minimum Gasteiger partial charge on any atom is -0.481 e. The number of pyridine rings is 1. The third-order valence-corrected chi connectivity index (χ3v) is 2.39. The second kappa shape index (κ2) is 4.14. The summed E-state index contributed by atoms with van der Waals surface area (Å²) in [4.78, 5) is 23.8. The lowest BCUT2D eigenvalue weighted by molar-refractivity contribution is -0.386. The molecule has 1 rings (SSSR count). The summed E-state index contributed by atoms with van der Waals surface area (Å²) in [7, 11) is 0. The van der Waals surface area contributed by atoms with Crippen molar-refractivity contribution in [2.75, 3.05) is 0 Å². The molecule has 0 saturated carbocycles. The maximum Gasteiger partial charge on any atom is 0.307 e. The van der Waals surface area contributed by atoms with E-state index in [1.165, 1.54) is 6.20 Å². The second-order valence-corrected chi connectivity index (χ2v) is 3.25. The van der Waals surface area contributed by atoms with Gasteiger partial charge < -0.3 is 5.11 Å². The zero-order valence-corrected chi connectivity index (χ0v) is 8.39. The van der Waals surface area contributed by atoms with E-state index in [1.807, 2.05) is 0 Å². The molecule has 14 heavy (non-hydrogen) atoms. The van der Waals surface area contributed by atoms with E-state index >= 15 is 0 Å². The van der Waals surface area contributed by atoms with Gasteiger partial charge in [0.05, 0.1) is 11.3 Å². The molecule has 0 bridgehead atoms. The minimum absolute atomic E-state index is 0.167. The number of rotatable bonds is 3. The summed E-state index contributed by atoms with van der Waals surface area (Å²) < 4.78 is 0.167. The highest BCUT2D eigenvalue weighted by molar-refractivity contribution is 9.10. The summed E-state index contributed by atoms with van der Waals surface area (Å²) in [5.74, 6) is -1.06. The van der Waals surface area contributed by atoms with Crippen LogP contribution in [0.2, 0.25) is 0 Å². The van der Waals surface area contributed by atoms with Crippen LogP contribution in [0.1, 0.15) is 5.56 Å². The average molecular weight is 261 g/mol. The predicted molar refractivity (Wildman–Crippen MR) is 49.9 cm³/mol. The van der Waals surface area contributed by atoms with Crippen LogP contribution in [0.5, 0.6) is 0 Å². The van der Waals surface area contributed by atoms with Crippen molar-refractivity contribution < 1.29 is 14.8 Å². The number of carboxylic acids is 1. The van der Waals surface area contributed by atoms with Gasteiger partial charge in [-0.15, -0.1) is 0 Å². The lowest BCUT2D eigenvalue weighted by atomic mass is 10.2. The van der Waals surface area contributed by atoms with Crippen molar-refractivity contribution in [3.63, 3.8) is 0 Å². The number of aromatic nitrogens is 1. The van der Waals surface area contributed by atoms with Gasteiger partial charge in [0, 0.05) is 11.8 Å². The molecule has 0 aliphatic heterocycles. The molecule has 0 radical (unpaired) electrons. The van der Waals surface area contributed by atoms with E-state index in [0.29, 0.717) is 0 Å². The van der Waals surface area contributed by atoms with Crippen molar-refractivity contribution in [3.8, 4) is 0 Å². The third kappa shape index (κ3) is 2.25. The Hall–Kier alpha value is -1.50. The van der Waals surface area contributed by atoms with E-state index < -0.39 is 10.9 Å². The summed E-state index contributed by atoms with van der Waals surface area (Å²) >= 11 is 2.97. The summed E-state index contributed by atoms with van der Waals surface area (Å²) in [6, 6.07) is 0. The van der Waals surface area contributed by atoms with Gasteiger partial charge in [-0.1, -0.05) is 0 Å². The monoisotopic (exact) mass is 260 g/mol. The van der Waals surface area contributed by atoms with Crippen LogP contribution < -0.4 is 0 Å². The van der Waals surface area contributed by atoms with E-state index in [1.54, 1.807) is 0 Å². The lowest BCUT2D eigenvalue weighted by Crippen LogP contribution is -2.03. The number of aliphatic carboxylic acids is 1. The Morgan fingerprint density at radius 1 is 1.64 bits per heavy atom. The number of nitrogens with zero attached hydrogens (tertiary/aromatic N) is 2. The molecule has 1 N–H and O–H groups in total. The van der Waals surface area contributed by atoms with E-state index in [-0.39, 0.29) is 22.1 Å². The van der Waals surface area contributed by atoms with Crippen LogP contribution in [0.4, 0.5) is 5.69 Å².